The normalized spacial score (nSPS) is 28.8. The minimum atomic E-state index is 0.403. The van der Waals surface area contributed by atoms with Crippen molar-refractivity contribution >= 4 is 0 Å². The summed E-state index contributed by atoms with van der Waals surface area (Å²) < 4.78 is 0. The van der Waals surface area contributed by atoms with Gasteiger partial charge in [0.25, 0.3) is 0 Å². The van der Waals surface area contributed by atoms with Crippen molar-refractivity contribution in [2.24, 2.45) is 10.8 Å². The topological polar surface area (TPSA) is 0 Å². The lowest BCUT2D eigenvalue weighted by Gasteiger charge is -2.25. The van der Waals surface area contributed by atoms with Crippen molar-refractivity contribution in [1.82, 2.24) is 0 Å². The van der Waals surface area contributed by atoms with Crippen LogP contribution in [0.25, 0.3) is 0 Å². The van der Waals surface area contributed by atoms with Gasteiger partial charge >= 0.3 is 0 Å². The van der Waals surface area contributed by atoms with E-state index in [0.29, 0.717) is 10.8 Å². The molecule has 1 saturated carbocycles. The van der Waals surface area contributed by atoms with Gasteiger partial charge in [0.2, 0.25) is 0 Å². The summed E-state index contributed by atoms with van der Waals surface area (Å²) in [7, 11) is 0. The first-order chi connectivity index (χ1) is 6.34. The molecule has 1 fully saturated rings. The van der Waals surface area contributed by atoms with Crippen molar-refractivity contribution in [1.29, 1.82) is 0 Å². The Kier molecular flexibility index (Phi) is 1.96. The predicted molar refractivity (Wildman–Crippen MR) is 62.2 cm³/mol. The van der Waals surface area contributed by atoms with E-state index in [1.165, 1.54) is 19.3 Å². The van der Waals surface area contributed by atoms with Gasteiger partial charge in [0.05, 0.1) is 0 Å². The smallest absolute Gasteiger partial charge is 0.00930 e. The van der Waals surface area contributed by atoms with Gasteiger partial charge in [-0.1, -0.05) is 39.3 Å². The Morgan fingerprint density at radius 1 is 1.07 bits per heavy atom. The number of rotatable bonds is 0. The first kappa shape index (κ1) is 10.0. The zero-order chi connectivity index (χ0) is 10.6. The van der Waals surface area contributed by atoms with Crippen LogP contribution in [-0.4, -0.2) is 0 Å². The minimum Gasteiger partial charge on any atom is -0.0802 e. The number of hydrogen-bond acceptors (Lipinski definition) is 0. The molecule has 0 aromatic carbocycles. The van der Waals surface area contributed by atoms with E-state index in [9.17, 15) is 0 Å². The van der Waals surface area contributed by atoms with Gasteiger partial charge in [0.1, 0.15) is 0 Å². The molecule has 2 rings (SSSR count). The van der Waals surface area contributed by atoms with Gasteiger partial charge in [-0.3, -0.25) is 0 Å². The van der Waals surface area contributed by atoms with Gasteiger partial charge in [0, 0.05) is 0 Å². The SMILES string of the molecule is CC1=C2C(=CCC1)C(C)(C)CC2(C)C. The highest BCUT2D eigenvalue weighted by Crippen LogP contribution is 2.58. The Balaban J connectivity index is 2.58. The van der Waals surface area contributed by atoms with Crippen LogP contribution in [0.3, 0.4) is 0 Å². The lowest BCUT2D eigenvalue weighted by Crippen LogP contribution is -2.11. The maximum atomic E-state index is 2.48. The van der Waals surface area contributed by atoms with Crippen LogP contribution in [-0.2, 0) is 0 Å². The summed E-state index contributed by atoms with van der Waals surface area (Å²) >= 11 is 0. The minimum absolute atomic E-state index is 0.403. The summed E-state index contributed by atoms with van der Waals surface area (Å²) in [5, 5.41) is 0. The van der Waals surface area contributed by atoms with Crippen LogP contribution in [0.15, 0.2) is 22.8 Å². The predicted octanol–water partition coefficient (Wildman–Crippen LogP) is 4.48. The molecule has 0 spiro atoms. The standard InChI is InChI=1S/C14H22/c1-10-7-6-8-11-12(10)14(4,5)9-13(11,2)3/h8H,6-7,9H2,1-5H3. The third-order valence-electron chi connectivity index (χ3n) is 3.85. The van der Waals surface area contributed by atoms with Gasteiger partial charge in [-0.05, 0) is 48.2 Å². The molecule has 0 N–H and O–H groups in total. The largest absolute Gasteiger partial charge is 0.0802 e. The first-order valence-electron chi connectivity index (χ1n) is 5.76. The molecule has 0 nitrogen and oxygen atoms in total. The fourth-order valence-electron chi connectivity index (χ4n) is 3.74. The van der Waals surface area contributed by atoms with Crippen LogP contribution in [0.1, 0.15) is 53.9 Å². The molecule has 0 bridgehead atoms. The van der Waals surface area contributed by atoms with Crippen LogP contribution in [0.4, 0.5) is 0 Å². The lowest BCUT2D eigenvalue weighted by atomic mass is 9.80. The van der Waals surface area contributed by atoms with Crippen LogP contribution in [0.2, 0.25) is 0 Å². The van der Waals surface area contributed by atoms with E-state index >= 15 is 0 Å². The molecule has 0 saturated heterocycles. The molecular weight excluding hydrogens is 168 g/mol. The average molecular weight is 190 g/mol. The molecule has 0 aliphatic heterocycles. The highest BCUT2D eigenvalue weighted by atomic mass is 14.5. The van der Waals surface area contributed by atoms with Crippen LogP contribution in [0.5, 0.6) is 0 Å². The maximum absolute atomic E-state index is 2.48. The highest BCUT2D eigenvalue weighted by molar-refractivity contribution is 5.49. The molecule has 0 heteroatoms. The van der Waals surface area contributed by atoms with Crippen molar-refractivity contribution in [2.45, 2.75) is 53.9 Å². The summed E-state index contributed by atoms with van der Waals surface area (Å²) in [5.41, 5.74) is 5.76. The monoisotopic (exact) mass is 190 g/mol. The van der Waals surface area contributed by atoms with Crippen LogP contribution >= 0.6 is 0 Å². The van der Waals surface area contributed by atoms with E-state index < -0.39 is 0 Å². The van der Waals surface area contributed by atoms with Crippen molar-refractivity contribution < 1.29 is 0 Å². The molecule has 0 heterocycles. The van der Waals surface area contributed by atoms with E-state index in [4.69, 9.17) is 0 Å². The Morgan fingerprint density at radius 2 is 1.71 bits per heavy atom. The maximum Gasteiger partial charge on any atom is -0.00930 e. The van der Waals surface area contributed by atoms with Crippen molar-refractivity contribution in [2.75, 3.05) is 0 Å². The van der Waals surface area contributed by atoms with E-state index in [1.807, 2.05) is 0 Å². The third-order valence-corrected chi connectivity index (χ3v) is 3.85. The van der Waals surface area contributed by atoms with Crippen LogP contribution in [0, 0.1) is 10.8 Å². The Hall–Kier alpha value is -0.520. The van der Waals surface area contributed by atoms with Crippen molar-refractivity contribution in [3.63, 3.8) is 0 Å². The molecule has 0 unspecified atom stereocenters. The second kappa shape index (κ2) is 2.74. The number of hydrogen-bond donors (Lipinski definition) is 0. The van der Waals surface area contributed by atoms with Gasteiger partial charge in [0.15, 0.2) is 0 Å². The zero-order valence-corrected chi connectivity index (χ0v) is 10.2. The second-order valence-corrected chi connectivity index (χ2v) is 6.26. The van der Waals surface area contributed by atoms with Crippen molar-refractivity contribution in [3.05, 3.63) is 22.8 Å². The first-order valence-corrected chi connectivity index (χ1v) is 5.76. The molecule has 14 heavy (non-hydrogen) atoms. The zero-order valence-electron chi connectivity index (χ0n) is 10.2. The summed E-state index contributed by atoms with van der Waals surface area (Å²) in [4.78, 5) is 0. The fourth-order valence-corrected chi connectivity index (χ4v) is 3.74. The van der Waals surface area contributed by atoms with Gasteiger partial charge in [-0.2, -0.15) is 0 Å². The Labute approximate surface area is 88.1 Å². The highest BCUT2D eigenvalue weighted by Gasteiger charge is 2.45. The van der Waals surface area contributed by atoms with E-state index in [0.717, 1.165) is 0 Å². The molecule has 0 aromatic rings. The molecule has 78 valence electrons. The molecule has 2 aliphatic carbocycles. The van der Waals surface area contributed by atoms with E-state index in [-0.39, 0.29) is 0 Å². The van der Waals surface area contributed by atoms with Gasteiger partial charge < -0.3 is 0 Å². The summed E-state index contributed by atoms with van der Waals surface area (Å²) in [6.45, 7) is 11.9. The lowest BCUT2D eigenvalue weighted by molar-refractivity contribution is 0.338. The third kappa shape index (κ3) is 1.27. The molecule has 0 amide bonds. The molecule has 2 aliphatic rings. The van der Waals surface area contributed by atoms with Crippen LogP contribution < -0.4 is 0 Å². The Bertz CT molecular complexity index is 324. The summed E-state index contributed by atoms with van der Waals surface area (Å²) in [6.07, 6.45) is 6.32. The molecule has 0 aromatic heterocycles. The second-order valence-electron chi connectivity index (χ2n) is 6.26. The van der Waals surface area contributed by atoms with Gasteiger partial charge in [-0.15, -0.1) is 0 Å². The molecule has 0 radical (unpaired) electrons. The number of fused-ring (bicyclic) bond motifs is 1. The van der Waals surface area contributed by atoms with E-state index in [2.05, 4.69) is 40.7 Å². The average Bonchev–Trinajstić information content (AvgIpc) is 2.18. The summed E-state index contributed by atoms with van der Waals surface area (Å²) in [6, 6.07) is 0. The van der Waals surface area contributed by atoms with Gasteiger partial charge in [-0.25, -0.2) is 0 Å². The number of allylic oxidation sites excluding steroid dienone is 4. The summed E-state index contributed by atoms with van der Waals surface area (Å²) in [5.74, 6) is 0. The Morgan fingerprint density at radius 3 is 2.29 bits per heavy atom. The van der Waals surface area contributed by atoms with E-state index in [1.54, 1.807) is 16.7 Å². The molecular formula is C14H22. The van der Waals surface area contributed by atoms with Crippen molar-refractivity contribution in [3.8, 4) is 0 Å². The quantitative estimate of drug-likeness (QED) is 0.528. The fraction of sp³-hybridized carbons (Fsp3) is 0.714. The molecule has 0 atom stereocenters.